The number of carbonyl (C=O) groups is 1. The van der Waals surface area contributed by atoms with Gasteiger partial charge in [-0.3, -0.25) is 4.79 Å². The van der Waals surface area contributed by atoms with Crippen LogP contribution in [-0.4, -0.2) is 38.1 Å². The number of carbonyl (C=O) groups excluding carboxylic acids is 1. The Labute approximate surface area is 129 Å². The topological polar surface area (TPSA) is 41.6 Å². The SMILES string of the molecule is CN(C)C(=O)c1ccccc1NCCOc1ccc(F)cc1. The van der Waals surface area contributed by atoms with E-state index in [0.29, 0.717) is 24.5 Å². The molecule has 1 N–H and O–H groups in total. The zero-order chi connectivity index (χ0) is 15.9. The number of anilines is 1. The van der Waals surface area contributed by atoms with E-state index in [1.165, 1.54) is 17.0 Å². The molecule has 116 valence electrons. The molecule has 22 heavy (non-hydrogen) atoms. The Morgan fingerprint density at radius 1 is 1.14 bits per heavy atom. The Morgan fingerprint density at radius 2 is 1.82 bits per heavy atom. The van der Waals surface area contributed by atoms with Gasteiger partial charge in [0, 0.05) is 26.3 Å². The second-order valence-electron chi connectivity index (χ2n) is 4.97. The first kappa shape index (κ1) is 15.8. The Bertz CT molecular complexity index is 627. The minimum absolute atomic E-state index is 0.0532. The third-order valence-electron chi connectivity index (χ3n) is 3.06. The lowest BCUT2D eigenvalue weighted by Crippen LogP contribution is -2.23. The van der Waals surface area contributed by atoms with Gasteiger partial charge in [0.15, 0.2) is 0 Å². The molecule has 2 aromatic carbocycles. The first-order valence-corrected chi connectivity index (χ1v) is 7.01. The monoisotopic (exact) mass is 302 g/mol. The zero-order valence-corrected chi connectivity index (χ0v) is 12.7. The summed E-state index contributed by atoms with van der Waals surface area (Å²) in [6, 6.07) is 13.2. The van der Waals surface area contributed by atoms with Crippen molar-refractivity contribution in [2.24, 2.45) is 0 Å². The van der Waals surface area contributed by atoms with Crippen molar-refractivity contribution in [3.05, 3.63) is 59.9 Å². The first-order chi connectivity index (χ1) is 10.6. The number of amides is 1. The molecule has 0 spiro atoms. The molecule has 2 aromatic rings. The fourth-order valence-electron chi connectivity index (χ4n) is 1.95. The number of rotatable bonds is 6. The van der Waals surface area contributed by atoms with E-state index in [1.807, 2.05) is 18.2 Å². The fraction of sp³-hybridized carbons (Fsp3) is 0.235. The van der Waals surface area contributed by atoms with Crippen molar-refractivity contribution < 1.29 is 13.9 Å². The van der Waals surface area contributed by atoms with Crippen LogP contribution in [0.1, 0.15) is 10.4 Å². The number of nitrogens with zero attached hydrogens (tertiary/aromatic N) is 1. The van der Waals surface area contributed by atoms with Crippen molar-refractivity contribution in [3.8, 4) is 5.75 Å². The molecule has 0 heterocycles. The number of para-hydroxylation sites is 1. The fourth-order valence-corrected chi connectivity index (χ4v) is 1.95. The van der Waals surface area contributed by atoms with Crippen LogP contribution in [0.15, 0.2) is 48.5 Å². The lowest BCUT2D eigenvalue weighted by atomic mass is 10.1. The van der Waals surface area contributed by atoms with Crippen molar-refractivity contribution in [1.29, 1.82) is 0 Å². The summed E-state index contributed by atoms with van der Waals surface area (Å²) in [6.45, 7) is 0.950. The van der Waals surface area contributed by atoms with Gasteiger partial charge in [0.2, 0.25) is 0 Å². The summed E-state index contributed by atoms with van der Waals surface area (Å²) in [5, 5.41) is 3.18. The molecule has 2 rings (SSSR count). The highest BCUT2D eigenvalue weighted by atomic mass is 19.1. The highest BCUT2D eigenvalue weighted by Crippen LogP contribution is 2.16. The highest BCUT2D eigenvalue weighted by molar-refractivity contribution is 5.99. The molecule has 0 saturated carbocycles. The maximum atomic E-state index is 12.8. The maximum Gasteiger partial charge on any atom is 0.255 e. The van der Waals surface area contributed by atoms with Crippen LogP contribution in [0.25, 0.3) is 0 Å². The molecule has 0 atom stereocenters. The highest BCUT2D eigenvalue weighted by Gasteiger charge is 2.12. The number of ether oxygens (including phenoxy) is 1. The number of hydrogen-bond donors (Lipinski definition) is 1. The zero-order valence-electron chi connectivity index (χ0n) is 12.7. The molecule has 0 fully saturated rings. The maximum absolute atomic E-state index is 12.8. The van der Waals surface area contributed by atoms with Crippen molar-refractivity contribution in [2.45, 2.75) is 0 Å². The summed E-state index contributed by atoms with van der Waals surface area (Å²) >= 11 is 0. The summed E-state index contributed by atoms with van der Waals surface area (Å²) in [5.41, 5.74) is 1.39. The largest absolute Gasteiger partial charge is 0.492 e. The van der Waals surface area contributed by atoms with Crippen molar-refractivity contribution >= 4 is 11.6 Å². The van der Waals surface area contributed by atoms with Crippen LogP contribution in [0, 0.1) is 5.82 Å². The number of nitrogens with one attached hydrogen (secondary N) is 1. The van der Waals surface area contributed by atoms with Gasteiger partial charge in [-0.2, -0.15) is 0 Å². The van der Waals surface area contributed by atoms with Gasteiger partial charge >= 0.3 is 0 Å². The molecule has 0 saturated heterocycles. The molecule has 0 aromatic heterocycles. The van der Waals surface area contributed by atoms with Gasteiger partial charge in [0.05, 0.1) is 5.56 Å². The summed E-state index contributed by atoms with van der Waals surface area (Å²) in [7, 11) is 3.44. The van der Waals surface area contributed by atoms with Crippen molar-refractivity contribution in [2.75, 3.05) is 32.6 Å². The molecule has 5 heteroatoms. The summed E-state index contributed by atoms with van der Waals surface area (Å²) in [4.78, 5) is 13.6. The number of benzene rings is 2. The van der Waals surface area contributed by atoms with E-state index in [-0.39, 0.29) is 11.7 Å². The van der Waals surface area contributed by atoms with Gasteiger partial charge < -0.3 is 15.0 Å². The van der Waals surface area contributed by atoms with Crippen LogP contribution in [-0.2, 0) is 0 Å². The normalized spacial score (nSPS) is 10.1. The van der Waals surface area contributed by atoms with Crippen LogP contribution in [0.2, 0.25) is 0 Å². The smallest absolute Gasteiger partial charge is 0.255 e. The standard InChI is InChI=1S/C17H19FN2O2/c1-20(2)17(21)15-5-3-4-6-16(15)19-11-12-22-14-9-7-13(18)8-10-14/h3-10,19H,11-12H2,1-2H3. The number of halogens is 1. The minimum atomic E-state index is -0.290. The van der Waals surface area contributed by atoms with E-state index in [2.05, 4.69) is 5.32 Å². The van der Waals surface area contributed by atoms with E-state index >= 15 is 0 Å². The Morgan fingerprint density at radius 3 is 2.50 bits per heavy atom. The lowest BCUT2D eigenvalue weighted by Gasteiger charge is -2.15. The van der Waals surface area contributed by atoms with E-state index < -0.39 is 0 Å². The second kappa shape index (κ2) is 7.45. The molecule has 0 radical (unpaired) electrons. The molecule has 0 aliphatic carbocycles. The third kappa shape index (κ3) is 4.22. The third-order valence-corrected chi connectivity index (χ3v) is 3.06. The Balaban J connectivity index is 1.89. The molecule has 0 aliphatic heterocycles. The van der Waals surface area contributed by atoms with Crippen LogP contribution >= 0.6 is 0 Å². The van der Waals surface area contributed by atoms with E-state index in [0.717, 1.165) is 5.69 Å². The predicted molar refractivity (Wildman–Crippen MR) is 84.8 cm³/mol. The molecule has 0 aliphatic rings. The van der Waals surface area contributed by atoms with Gasteiger partial charge in [0.25, 0.3) is 5.91 Å². The number of hydrogen-bond acceptors (Lipinski definition) is 3. The van der Waals surface area contributed by atoms with Crippen LogP contribution < -0.4 is 10.1 Å². The van der Waals surface area contributed by atoms with Crippen molar-refractivity contribution in [1.82, 2.24) is 4.90 Å². The van der Waals surface area contributed by atoms with E-state index in [9.17, 15) is 9.18 Å². The average molecular weight is 302 g/mol. The van der Waals surface area contributed by atoms with Gasteiger partial charge in [-0.05, 0) is 36.4 Å². The molecule has 4 nitrogen and oxygen atoms in total. The quantitative estimate of drug-likeness (QED) is 0.834. The summed E-state index contributed by atoms with van der Waals surface area (Å²) in [5.74, 6) is 0.269. The van der Waals surface area contributed by atoms with Crippen LogP contribution in [0.3, 0.4) is 0 Å². The molecular formula is C17H19FN2O2. The van der Waals surface area contributed by atoms with E-state index in [4.69, 9.17) is 4.74 Å². The van der Waals surface area contributed by atoms with E-state index in [1.54, 1.807) is 32.3 Å². The Kier molecular flexibility index (Phi) is 5.36. The van der Waals surface area contributed by atoms with Gasteiger partial charge in [-0.25, -0.2) is 4.39 Å². The second-order valence-corrected chi connectivity index (χ2v) is 4.97. The molecule has 1 amide bonds. The van der Waals surface area contributed by atoms with Gasteiger partial charge in [0.1, 0.15) is 18.2 Å². The first-order valence-electron chi connectivity index (χ1n) is 7.01. The van der Waals surface area contributed by atoms with Gasteiger partial charge in [-0.15, -0.1) is 0 Å². The Hall–Kier alpha value is -2.56. The molecule has 0 bridgehead atoms. The molecular weight excluding hydrogens is 283 g/mol. The molecule has 0 unspecified atom stereocenters. The summed E-state index contributed by atoms with van der Waals surface area (Å²) < 4.78 is 18.3. The van der Waals surface area contributed by atoms with Gasteiger partial charge in [-0.1, -0.05) is 12.1 Å². The average Bonchev–Trinajstić information content (AvgIpc) is 2.53. The summed E-state index contributed by atoms with van der Waals surface area (Å²) in [6.07, 6.45) is 0. The van der Waals surface area contributed by atoms with Crippen LogP contribution in [0.5, 0.6) is 5.75 Å². The van der Waals surface area contributed by atoms with Crippen LogP contribution in [0.4, 0.5) is 10.1 Å². The lowest BCUT2D eigenvalue weighted by molar-refractivity contribution is 0.0828. The van der Waals surface area contributed by atoms with Crippen molar-refractivity contribution in [3.63, 3.8) is 0 Å². The predicted octanol–water partition coefficient (Wildman–Crippen LogP) is 3.02. The minimum Gasteiger partial charge on any atom is -0.492 e.